The Bertz CT molecular complexity index is 854. The van der Waals surface area contributed by atoms with Gasteiger partial charge in [0, 0.05) is 17.6 Å². The van der Waals surface area contributed by atoms with Gasteiger partial charge in [-0.05, 0) is 44.2 Å². The first-order chi connectivity index (χ1) is 11.8. The number of carbonyl (C=O) groups excluding carboxylic acids is 1. The molecule has 0 aliphatic carbocycles. The molecular weight excluding hydrogens is 346 g/mol. The molecule has 0 fully saturated rings. The van der Waals surface area contributed by atoms with E-state index < -0.39 is 17.3 Å². The van der Waals surface area contributed by atoms with E-state index in [-0.39, 0.29) is 12.3 Å². The minimum Gasteiger partial charge on any atom is -0.481 e. The average molecular weight is 362 g/mol. The van der Waals surface area contributed by atoms with Crippen molar-refractivity contribution in [2.75, 3.05) is 11.4 Å². The van der Waals surface area contributed by atoms with Crippen LogP contribution in [0.2, 0.25) is 5.02 Å². The third kappa shape index (κ3) is 3.39. The number of benzene rings is 1. The van der Waals surface area contributed by atoms with Crippen LogP contribution in [0.3, 0.4) is 0 Å². The molecule has 1 amide bonds. The number of ether oxygens (including phenoxy) is 1. The standard InChI is InChI=1S/C18H16ClNO5/c1-18(2,17(22)23)10-20-13-8-11(19)5-6-14(13)25-15(16(20)21)9-12-4-3-7-24-12/h3-9H,10H2,1-2H3,(H,22,23)/b15-9+. The molecule has 2 heterocycles. The normalized spacial score (nSPS) is 15.9. The van der Waals surface area contributed by atoms with Crippen molar-refractivity contribution < 1.29 is 23.8 Å². The highest BCUT2D eigenvalue weighted by atomic mass is 35.5. The van der Waals surface area contributed by atoms with Crippen molar-refractivity contribution in [2.24, 2.45) is 5.41 Å². The van der Waals surface area contributed by atoms with Crippen LogP contribution in [0.5, 0.6) is 5.75 Å². The largest absolute Gasteiger partial charge is 0.481 e. The topological polar surface area (TPSA) is 80.0 Å². The molecular formula is C18H16ClNO5. The number of aliphatic carboxylic acids is 1. The molecule has 0 spiro atoms. The maximum absolute atomic E-state index is 12.9. The Hall–Kier alpha value is -2.73. The number of carboxylic acids is 1. The zero-order valence-electron chi connectivity index (χ0n) is 13.7. The van der Waals surface area contributed by atoms with Crippen LogP contribution in [0.1, 0.15) is 19.6 Å². The van der Waals surface area contributed by atoms with E-state index >= 15 is 0 Å². The Labute approximate surface area is 149 Å². The molecule has 1 N–H and O–H groups in total. The fourth-order valence-electron chi connectivity index (χ4n) is 2.41. The van der Waals surface area contributed by atoms with Crippen molar-refractivity contribution in [3.8, 4) is 5.75 Å². The number of nitrogens with zero attached hydrogens (tertiary/aromatic N) is 1. The molecule has 2 aromatic rings. The molecule has 0 saturated heterocycles. The van der Waals surface area contributed by atoms with Gasteiger partial charge in [0.15, 0.2) is 11.5 Å². The number of anilines is 1. The first-order valence-electron chi connectivity index (χ1n) is 7.56. The summed E-state index contributed by atoms with van der Waals surface area (Å²) in [5.74, 6) is -0.542. The summed E-state index contributed by atoms with van der Waals surface area (Å²) >= 11 is 6.04. The Morgan fingerprint density at radius 2 is 2.12 bits per heavy atom. The van der Waals surface area contributed by atoms with Crippen molar-refractivity contribution in [3.63, 3.8) is 0 Å². The quantitative estimate of drug-likeness (QED) is 0.837. The predicted molar refractivity (Wildman–Crippen MR) is 92.5 cm³/mol. The van der Waals surface area contributed by atoms with Crippen LogP contribution in [-0.4, -0.2) is 23.5 Å². The SMILES string of the molecule is CC(C)(CN1C(=O)/C(=C\c2ccco2)Oc2ccc(Cl)cc21)C(=O)O. The number of carbonyl (C=O) groups is 2. The highest BCUT2D eigenvalue weighted by Crippen LogP contribution is 2.39. The number of halogens is 1. The lowest BCUT2D eigenvalue weighted by Crippen LogP contribution is -2.45. The van der Waals surface area contributed by atoms with E-state index in [0.717, 1.165) is 0 Å². The summed E-state index contributed by atoms with van der Waals surface area (Å²) in [6, 6.07) is 8.24. The molecule has 0 saturated carbocycles. The average Bonchev–Trinajstić information content (AvgIpc) is 3.05. The maximum Gasteiger partial charge on any atom is 0.310 e. The summed E-state index contributed by atoms with van der Waals surface area (Å²) < 4.78 is 10.9. The van der Waals surface area contributed by atoms with Crippen LogP contribution in [-0.2, 0) is 9.59 Å². The minimum atomic E-state index is -1.15. The molecule has 0 unspecified atom stereocenters. The first-order valence-corrected chi connectivity index (χ1v) is 7.93. The number of furan rings is 1. The van der Waals surface area contributed by atoms with Gasteiger partial charge >= 0.3 is 5.97 Å². The summed E-state index contributed by atoms with van der Waals surface area (Å²) in [5.41, 5.74) is -0.717. The van der Waals surface area contributed by atoms with E-state index in [9.17, 15) is 14.7 Å². The van der Waals surface area contributed by atoms with E-state index in [2.05, 4.69) is 0 Å². The summed E-state index contributed by atoms with van der Waals surface area (Å²) in [4.78, 5) is 25.7. The van der Waals surface area contributed by atoms with E-state index in [1.54, 1.807) is 44.2 Å². The van der Waals surface area contributed by atoms with Crippen molar-refractivity contribution in [2.45, 2.75) is 13.8 Å². The van der Waals surface area contributed by atoms with Gasteiger partial charge in [0.1, 0.15) is 5.76 Å². The molecule has 6 nitrogen and oxygen atoms in total. The van der Waals surface area contributed by atoms with E-state index in [1.165, 1.54) is 17.2 Å². The molecule has 1 aliphatic rings. The highest BCUT2D eigenvalue weighted by Gasteiger charge is 2.38. The monoisotopic (exact) mass is 361 g/mol. The van der Waals surface area contributed by atoms with Crippen LogP contribution in [0.15, 0.2) is 46.8 Å². The summed E-state index contributed by atoms with van der Waals surface area (Å²) in [6.45, 7) is 3.07. The fourth-order valence-corrected chi connectivity index (χ4v) is 2.57. The van der Waals surface area contributed by atoms with Gasteiger partial charge in [0.2, 0.25) is 0 Å². The predicted octanol–water partition coefficient (Wildman–Crippen LogP) is 3.81. The van der Waals surface area contributed by atoms with Crippen LogP contribution < -0.4 is 9.64 Å². The van der Waals surface area contributed by atoms with Gasteiger partial charge in [-0.3, -0.25) is 9.59 Å². The van der Waals surface area contributed by atoms with Gasteiger partial charge in [-0.15, -0.1) is 0 Å². The number of hydrogen-bond acceptors (Lipinski definition) is 4. The highest BCUT2D eigenvalue weighted by molar-refractivity contribution is 6.31. The second-order valence-corrected chi connectivity index (χ2v) is 6.75. The van der Waals surface area contributed by atoms with Crippen LogP contribution in [0.25, 0.3) is 6.08 Å². The van der Waals surface area contributed by atoms with Crippen molar-refractivity contribution in [1.82, 2.24) is 0 Å². The number of carboxylic acid groups (broad SMARTS) is 1. The Morgan fingerprint density at radius 3 is 2.76 bits per heavy atom. The molecule has 0 radical (unpaired) electrons. The van der Waals surface area contributed by atoms with Gasteiger partial charge in [0.05, 0.1) is 17.4 Å². The van der Waals surface area contributed by atoms with Crippen molar-refractivity contribution in [3.05, 3.63) is 53.1 Å². The second-order valence-electron chi connectivity index (χ2n) is 6.32. The summed E-state index contributed by atoms with van der Waals surface area (Å²) in [6.07, 6.45) is 2.96. The van der Waals surface area contributed by atoms with Crippen molar-refractivity contribution >= 4 is 35.2 Å². The maximum atomic E-state index is 12.9. The lowest BCUT2D eigenvalue weighted by atomic mass is 9.92. The molecule has 3 rings (SSSR count). The second kappa shape index (κ2) is 6.29. The Morgan fingerprint density at radius 1 is 1.36 bits per heavy atom. The van der Waals surface area contributed by atoms with E-state index in [0.29, 0.717) is 22.2 Å². The number of hydrogen-bond donors (Lipinski definition) is 1. The van der Waals surface area contributed by atoms with Crippen LogP contribution >= 0.6 is 11.6 Å². The fraction of sp³-hybridized carbons (Fsp3) is 0.222. The molecule has 1 aromatic heterocycles. The van der Waals surface area contributed by atoms with E-state index in [4.69, 9.17) is 20.8 Å². The Kier molecular flexibility index (Phi) is 4.30. The zero-order chi connectivity index (χ0) is 18.2. The van der Waals surface area contributed by atoms with Gasteiger partial charge in [-0.2, -0.15) is 0 Å². The van der Waals surface area contributed by atoms with Crippen molar-refractivity contribution in [1.29, 1.82) is 0 Å². The van der Waals surface area contributed by atoms with Gasteiger partial charge < -0.3 is 19.2 Å². The van der Waals surface area contributed by atoms with Crippen LogP contribution in [0, 0.1) is 5.41 Å². The summed E-state index contributed by atoms with van der Waals surface area (Å²) in [7, 11) is 0. The summed E-state index contributed by atoms with van der Waals surface area (Å²) in [5, 5.41) is 9.83. The lowest BCUT2D eigenvalue weighted by Gasteiger charge is -2.34. The Balaban J connectivity index is 2.06. The third-order valence-corrected chi connectivity index (χ3v) is 4.07. The van der Waals surface area contributed by atoms with Gasteiger partial charge in [0.25, 0.3) is 5.91 Å². The number of fused-ring (bicyclic) bond motifs is 1. The zero-order valence-corrected chi connectivity index (χ0v) is 14.4. The molecule has 130 valence electrons. The van der Waals surface area contributed by atoms with Gasteiger partial charge in [-0.25, -0.2) is 0 Å². The minimum absolute atomic E-state index is 0.0344. The third-order valence-electron chi connectivity index (χ3n) is 3.84. The number of amides is 1. The molecule has 1 aliphatic heterocycles. The molecule has 0 bridgehead atoms. The lowest BCUT2D eigenvalue weighted by molar-refractivity contribution is -0.146. The molecule has 7 heteroatoms. The van der Waals surface area contributed by atoms with Crippen LogP contribution in [0.4, 0.5) is 5.69 Å². The number of rotatable bonds is 4. The molecule has 0 atom stereocenters. The van der Waals surface area contributed by atoms with Gasteiger partial charge in [-0.1, -0.05) is 11.6 Å². The molecule has 25 heavy (non-hydrogen) atoms. The molecule has 1 aromatic carbocycles. The van der Waals surface area contributed by atoms with E-state index in [1.807, 2.05) is 0 Å². The smallest absolute Gasteiger partial charge is 0.310 e. The first kappa shape index (κ1) is 17.1.